The zero-order valence-electron chi connectivity index (χ0n) is 11.3. The molecule has 3 heterocycles. The Morgan fingerprint density at radius 3 is 2.95 bits per heavy atom. The molecule has 102 valence electrons. The summed E-state index contributed by atoms with van der Waals surface area (Å²) in [6, 6.07) is 0. The van der Waals surface area contributed by atoms with Crippen LogP contribution in [0.5, 0.6) is 0 Å². The molecule has 1 aliphatic rings. The number of anilines is 1. The molecular weight excluding hydrogens is 258 g/mol. The van der Waals surface area contributed by atoms with Gasteiger partial charge in [0, 0.05) is 36.9 Å². The molecule has 0 radical (unpaired) electrons. The third kappa shape index (κ3) is 2.26. The molecule has 3 rings (SSSR count). The standard InChI is InChI=1S/C13H19N5S/c1-9(2)12-10(7-14)19-13(16-12)18-6-5-17-4-3-15-11(17)8-18/h3-4,9H,5-8,14H2,1-2H3. The number of thiazole rings is 1. The summed E-state index contributed by atoms with van der Waals surface area (Å²) in [5, 5.41) is 1.08. The van der Waals surface area contributed by atoms with E-state index in [0.717, 1.165) is 36.3 Å². The molecule has 0 atom stereocenters. The maximum absolute atomic E-state index is 5.83. The van der Waals surface area contributed by atoms with Gasteiger partial charge in [0.15, 0.2) is 5.13 Å². The van der Waals surface area contributed by atoms with Gasteiger partial charge in [0.2, 0.25) is 0 Å². The van der Waals surface area contributed by atoms with Crippen molar-refractivity contribution < 1.29 is 0 Å². The van der Waals surface area contributed by atoms with Crippen molar-refractivity contribution in [2.45, 2.75) is 39.4 Å². The minimum Gasteiger partial charge on any atom is -0.339 e. The van der Waals surface area contributed by atoms with Crippen molar-refractivity contribution in [3.8, 4) is 0 Å². The lowest BCUT2D eigenvalue weighted by atomic mass is 10.1. The second kappa shape index (κ2) is 4.94. The number of hydrogen-bond acceptors (Lipinski definition) is 5. The van der Waals surface area contributed by atoms with Crippen LogP contribution in [0.3, 0.4) is 0 Å². The van der Waals surface area contributed by atoms with Crippen molar-refractivity contribution in [2.75, 3.05) is 11.4 Å². The van der Waals surface area contributed by atoms with Gasteiger partial charge in [0.1, 0.15) is 5.82 Å². The predicted octanol–water partition coefficient (Wildman–Crippen LogP) is 1.94. The van der Waals surface area contributed by atoms with Gasteiger partial charge in [0.05, 0.1) is 12.2 Å². The number of rotatable bonds is 3. The van der Waals surface area contributed by atoms with Crippen LogP contribution in [0.15, 0.2) is 12.4 Å². The predicted molar refractivity (Wildman–Crippen MR) is 77.4 cm³/mol. The molecule has 1 aliphatic heterocycles. The first kappa shape index (κ1) is 12.6. The summed E-state index contributed by atoms with van der Waals surface area (Å²) in [5.74, 6) is 1.54. The van der Waals surface area contributed by atoms with E-state index in [2.05, 4.69) is 28.3 Å². The van der Waals surface area contributed by atoms with Crippen LogP contribution in [0.4, 0.5) is 5.13 Å². The zero-order valence-corrected chi connectivity index (χ0v) is 12.2. The topological polar surface area (TPSA) is 60.0 Å². The van der Waals surface area contributed by atoms with E-state index in [-0.39, 0.29) is 0 Å². The van der Waals surface area contributed by atoms with Gasteiger partial charge in [0.25, 0.3) is 0 Å². The van der Waals surface area contributed by atoms with Crippen molar-refractivity contribution in [2.24, 2.45) is 5.73 Å². The molecule has 6 heteroatoms. The highest BCUT2D eigenvalue weighted by Crippen LogP contribution is 2.31. The molecule has 2 aromatic rings. The van der Waals surface area contributed by atoms with Crippen LogP contribution < -0.4 is 10.6 Å². The molecule has 5 nitrogen and oxygen atoms in total. The Morgan fingerprint density at radius 1 is 1.42 bits per heavy atom. The molecule has 0 aliphatic carbocycles. The summed E-state index contributed by atoms with van der Waals surface area (Å²) in [4.78, 5) is 12.7. The molecule has 19 heavy (non-hydrogen) atoms. The largest absolute Gasteiger partial charge is 0.339 e. The van der Waals surface area contributed by atoms with Crippen molar-refractivity contribution in [3.05, 3.63) is 28.8 Å². The summed E-state index contributed by atoms with van der Waals surface area (Å²) >= 11 is 1.72. The Hall–Kier alpha value is -1.40. The third-order valence-electron chi connectivity index (χ3n) is 3.46. The SMILES string of the molecule is CC(C)c1nc(N2CCn3ccnc3C2)sc1CN. The van der Waals surface area contributed by atoms with Crippen molar-refractivity contribution in [1.82, 2.24) is 14.5 Å². The van der Waals surface area contributed by atoms with E-state index in [4.69, 9.17) is 10.7 Å². The Balaban J connectivity index is 1.87. The van der Waals surface area contributed by atoms with Gasteiger partial charge in [-0.2, -0.15) is 0 Å². The average molecular weight is 277 g/mol. The third-order valence-corrected chi connectivity index (χ3v) is 4.62. The van der Waals surface area contributed by atoms with Crippen LogP contribution in [-0.2, 0) is 19.6 Å². The van der Waals surface area contributed by atoms with Crippen LogP contribution in [0.2, 0.25) is 0 Å². The molecule has 0 fully saturated rings. The molecule has 0 saturated carbocycles. The first-order valence-electron chi connectivity index (χ1n) is 6.63. The maximum Gasteiger partial charge on any atom is 0.186 e. The zero-order chi connectivity index (χ0) is 13.4. The minimum absolute atomic E-state index is 0.426. The minimum atomic E-state index is 0.426. The molecule has 0 spiro atoms. The van der Waals surface area contributed by atoms with E-state index in [0.29, 0.717) is 12.5 Å². The van der Waals surface area contributed by atoms with Gasteiger partial charge >= 0.3 is 0 Å². The van der Waals surface area contributed by atoms with E-state index >= 15 is 0 Å². The van der Waals surface area contributed by atoms with E-state index < -0.39 is 0 Å². The van der Waals surface area contributed by atoms with Crippen LogP contribution >= 0.6 is 11.3 Å². The summed E-state index contributed by atoms with van der Waals surface area (Å²) < 4.78 is 2.21. The first-order chi connectivity index (χ1) is 9.19. The van der Waals surface area contributed by atoms with Gasteiger partial charge in [-0.1, -0.05) is 13.8 Å². The average Bonchev–Trinajstić information content (AvgIpc) is 3.04. The number of nitrogens with zero attached hydrogens (tertiary/aromatic N) is 4. The lowest BCUT2D eigenvalue weighted by Crippen LogP contribution is -2.33. The van der Waals surface area contributed by atoms with Crippen LogP contribution in [0, 0.1) is 0 Å². The Labute approximate surface area is 117 Å². The van der Waals surface area contributed by atoms with E-state index in [1.165, 1.54) is 4.88 Å². The van der Waals surface area contributed by atoms with E-state index in [1.54, 1.807) is 11.3 Å². The lowest BCUT2D eigenvalue weighted by Gasteiger charge is -2.27. The Morgan fingerprint density at radius 2 is 2.26 bits per heavy atom. The van der Waals surface area contributed by atoms with Crippen LogP contribution in [0.1, 0.15) is 36.2 Å². The molecule has 2 N–H and O–H groups in total. The maximum atomic E-state index is 5.83. The highest BCUT2D eigenvalue weighted by atomic mass is 32.1. The molecule has 0 amide bonds. The van der Waals surface area contributed by atoms with Crippen molar-refractivity contribution >= 4 is 16.5 Å². The number of aromatic nitrogens is 3. The second-order valence-electron chi connectivity index (χ2n) is 5.12. The number of nitrogens with two attached hydrogens (primary N) is 1. The quantitative estimate of drug-likeness (QED) is 0.931. The van der Waals surface area contributed by atoms with Crippen LogP contribution in [0.25, 0.3) is 0 Å². The molecule has 2 aromatic heterocycles. The fourth-order valence-corrected chi connectivity index (χ4v) is 3.54. The summed E-state index contributed by atoms with van der Waals surface area (Å²) in [6.07, 6.45) is 3.91. The normalized spacial score (nSPS) is 15.1. The van der Waals surface area contributed by atoms with Gasteiger partial charge < -0.3 is 15.2 Å². The smallest absolute Gasteiger partial charge is 0.186 e. The Kier molecular flexibility index (Phi) is 3.28. The number of imidazole rings is 1. The highest BCUT2D eigenvalue weighted by molar-refractivity contribution is 7.15. The van der Waals surface area contributed by atoms with Gasteiger partial charge in [-0.05, 0) is 5.92 Å². The highest BCUT2D eigenvalue weighted by Gasteiger charge is 2.22. The van der Waals surface area contributed by atoms with Gasteiger partial charge in [-0.15, -0.1) is 11.3 Å². The molecule has 0 bridgehead atoms. The van der Waals surface area contributed by atoms with E-state index in [1.807, 2.05) is 12.4 Å². The van der Waals surface area contributed by atoms with Gasteiger partial charge in [-0.3, -0.25) is 0 Å². The monoisotopic (exact) mass is 277 g/mol. The lowest BCUT2D eigenvalue weighted by molar-refractivity contribution is 0.558. The number of fused-ring (bicyclic) bond motifs is 1. The van der Waals surface area contributed by atoms with Crippen molar-refractivity contribution in [3.63, 3.8) is 0 Å². The summed E-state index contributed by atoms with van der Waals surface area (Å²) in [5.41, 5.74) is 6.98. The molecule has 0 saturated heterocycles. The fourth-order valence-electron chi connectivity index (χ4n) is 2.42. The van der Waals surface area contributed by atoms with E-state index in [9.17, 15) is 0 Å². The molecule has 0 unspecified atom stereocenters. The van der Waals surface area contributed by atoms with Crippen LogP contribution in [-0.4, -0.2) is 21.1 Å². The molecule has 0 aromatic carbocycles. The fraction of sp³-hybridized carbons (Fsp3) is 0.538. The summed E-state index contributed by atoms with van der Waals surface area (Å²) in [6.45, 7) is 7.71. The Bertz CT molecular complexity index is 571. The van der Waals surface area contributed by atoms with Gasteiger partial charge in [-0.25, -0.2) is 9.97 Å². The first-order valence-corrected chi connectivity index (χ1v) is 7.45. The molecular formula is C13H19N5S. The van der Waals surface area contributed by atoms with Crippen molar-refractivity contribution in [1.29, 1.82) is 0 Å². The number of hydrogen-bond donors (Lipinski definition) is 1. The second-order valence-corrected chi connectivity index (χ2v) is 6.18. The summed E-state index contributed by atoms with van der Waals surface area (Å²) in [7, 11) is 0.